The number of nitrogens with one attached hydrogen (secondary N) is 1. The van der Waals surface area contributed by atoms with Crippen LogP contribution >= 0.6 is 0 Å². The Morgan fingerprint density at radius 1 is 1.00 bits per heavy atom. The summed E-state index contributed by atoms with van der Waals surface area (Å²) in [5, 5.41) is 21.1. The summed E-state index contributed by atoms with van der Waals surface area (Å²) >= 11 is 0. The fraction of sp³-hybridized carbons (Fsp3) is 0.406. The first kappa shape index (κ1) is 30.3. The molecule has 1 amide bonds. The number of carbonyl (C=O) groups excluding carboxylic acids is 1. The normalized spacial score (nSPS) is 18.8. The topological polar surface area (TPSA) is 121 Å². The second-order valence-corrected chi connectivity index (χ2v) is 10.5. The first-order chi connectivity index (χ1) is 19.9. The summed E-state index contributed by atoms with van der Waals surface area (Å²) in [6, 6.07) is 21.2. The zero-order valence-electron chi connectivity index (χ0n) is 23.4. The average Bonchev–Trinajstić information content (AvgIpc) is 2.99. The van der Waals surface area contributed by atoms with E-state index >= 15 is 0 Å². The number of benzene rings is 2. The number of aliphatic hydroxyl groups excluding tert-OH is 1. The van der Waals surface area contributed by atoms with E-state index in [0.717, 1.165) is 35.3 Å². The summed E-state index contributed by atoms with van der Waals surface area (Å²) in [6.07, 6.45) is 3.68. The van der Waals surface area contributed by atoms with Gasteiger partial charge in [0.25, 0.3) is 0 Å². The fourth-order valence-corrected chi connectivity index (χ4v) is 4.87. The van der Waals surface area contributed by atoms with Crippen LogP contribution in [0.2, 0.25) is 0 Å². The highest BCUT2D eigenvalue weighted by Crippen LogP contribution is 2.38. The Balaban J connectivity index is 1.43. The van der Waals surface area contributed by atoms with Crippen molar-refractivity contribution < 1.29 is 29.3 Å². The van der Waals surface area contributed by atoms with Crippen LogP contribution in [0.25, 0.3) is 0 Å². The van der Waals surface area contributed by atoms with Gasteiger partial charge in [0, 0.05) is 61.9 Å². The average molecular weight is 562 g/mol. The fourth-order valence-electron chi connectivity index (χ4n) is 4.87. The van der Waals surface area contributed by atoms with Crippen molar-refractivity contribution in [3.63, 3.8) is 0 Å². The number of aliphatic carboxylic acids is 1. The molecule has 0 radical (unpaired) electrons. The quantitative estimate of drug-likeness (QED) is 0.238. The van der Waals surface area contributed by atoms with Gasteiger partial charge in [-0.1, -0.05) is 42.5 Å². The SMILES string of the molecule is CN(CCc1ccccn1)C[C@@H]1C[C@H](c2ccc(CO)cc2)O[C@H](c2cccc(NC(=O)CCCCC(=O)O)c2)O1. The number of pyridine rings is 1. The van der Waals surface area contributed by atoms with Crippen molar-refractivity contribution in [3.8, 4) is 0 Å². The van der Waals surface area contributed by atoms with Gasteiger partial charge in [0.05, 0.1) is 18.8 Å². The largest absolute Gasteiger partial charge is 0.481 e. The third kappa shape index (κ3) is 9.75. The molecule has 1 aliphatic heterocycles. The number of unbranched alkanes of at least 4 members (excludes halogenated alkanes) is 1. The number of rotatable bonds is 14. The number of carboxylic acids is 1. The third-order valence-corrected chi connectivity index (χ3v) is 7.09. The molecule has 1 aliphatic rings. The molecule has 2 heterocycles. The van der Waals surface area contributed by atoms with Crippen molar-refractivity contribution >= 4 is 17.6 Å². The Labute approximate surface area is 241 Å². The zero-order valence-corrected chi connectivity index (χ0v) is 23.4. The number of aliphatic hydroxyl groups is 1. The van der Waals surface area contributed by atoms with E-state index in [0.29, 0.717) is 31.5 Å². The van der Waals surface area contributed by atoms with Gasteiger partial charge in [-0.2, -0.15) is 0 Å². The van der Waals surface area contributed by atoms with Crippen LogP contribution < -0.4 is 5.32 Å². The molecule has 1 fully saturated rings. The van der Waals surface area contributed by atoms with E-state index in [1.54, 1.807) is 0 Å². The lowest BCUT2D eigenvalue weighted by molar-refractivity contribution is -0.252. The van der Waals surface area contributed by atoms with Gasteiger partial charge in [-0.15, -0.1) is 0 Å². The standard InChI is InChI=1S/C32H39N3O6/c1-35(18-16-26-8-4-5-17-33-26)21-28-20-29(24-14-12-23(22-36)13-15-24)41-32(40-28)25-7-6-9-27(19-25)34-30(37)10-2-3-11-31(38)39/h4-9,12-15,17,19,28-29,32,36H,2-3,10-11,16,18,20-22H2,1H3,(H,34,37)(H,38,39)/t28-,29+,32+/m0/s1. The molecule has 0 saturated carbocycles. The van der Waals surface area contributed by atoms with E-state index in [1.807, 2.05) is 72.9 Å². The zero-order chi connectivity index (χ0) is 29.0. The van der Waals surface area contributed by atoms with Crippen molar-refractivity contribution in [3.05, 3.63) is 95.3 Å². The predicted molar refractivity (Wildman–Crippen MR) is 155 cm³/mol. The minimum atomic E-state index is -0.856. The van der Waals surface area contributed by atoms with Crippen LogP contribution in [0.4, 0.5) is 5.69 Å². The smallest absolute Gasteiger partial charge is 0.303 e. The van der Waals surface area contributed by atoms with Crippen LogP contribution in [0.5, 0.6) is 0 Å². The lowest BCUT2D eigenvalue weighted by atomic mass is 9.99. The summed E-state index contributed by atoms with van der Waals surface area (Å²) < 4.78 is 12.9. The van der Waals surface area contributed by atoms with Crippen LogP contribution in [-0.2, 0) is 32.1 Å². The number of hydrogen-bond acceptors (Lipinski definition) is 7. The Kier molecular flexibility index (Phi) is 11.4. The van der Waals surface area contributed by atoms with E-state index in [1.165, 1.54) is 0 Å². The first-order valence-corrected chi connectivity index (χ1v) is 14.1. The van der Waals surface area contributed by atoms with E-state index < -0.39 is 12.3 Å². The molecule has 4 rings (SSSR count). The van der Waals surface area contributed by atoms with E-state index in [2.05, 4.69) is 22.2 Å². The number of amides is 1. The molecule has 0 spiro atoms. The highest BCUT2D eigenvalue weighted by molar-refractivity contribution is 5.90. The summed E-state index contributed by atoms with van der Waals surface area (Å²) in [4.78, 5) is 29.8. The second kappa shape index (κ2) is 15.4. The van der Waals surface area contributed by atoms with Crippen LogP contribution in [-0.4, -0.2) is 58.2 Å². The van der Waals surface area contributed by atoms with Crippen molar-refractivity contribution in [2.24, 2.45) is 0 Å². The number of carboxylic acid groups (broad SMARTS) is 1. The van der Waals surface area contributed by atoms with Crippen molar-refractivity contribution in [1.29, 1.82) is 0 Å². The minimum Gasteiger partial charge on any atom is -0.481 e. The maximum absolute atomic E-state index is 12.4. The van der Waals surface area contributed by atoms with Crippen LogP contribution in [0.1, 0.15) is 66.9 Å². The van der Waals surface area contributed by atoms with Gasteiger partial charge >= 0.3 is 5.97 Å². The molecule has 9 nitrogen and oxygen atoms in total. The monoisotopic (exact) mass is 561 g/mol. The highest BCUT2D eigenvalue weighted by Gasteiger charge is 2.33. The number of carbonyl (C=O) groups is 2. The van der Waals surface area contributed by atoms with E-state index in [-0.39, 0.29) is 37.6 Å². The lowest BCUT2D eigenvalue weighted by Crippen LogP contribution is -2.38. The molecule has 0 bridgehead atoms. The van der Waals surface area contributed by atoms with Crippen molar-refractivity contribution in [1.82, 2.24) is 9.88 Å². The molecule has 218 valence electrons. The third-order valence-electron chi connectivity index (χ3n) is 7.09. The first-order valence-electron chi connectivity index (χ1n) is 14.1. The number of hydrogen-bond donors (Lipinski definition) is 3. The molecule has 1 aromatic heterocycles. The van der Waals surface area contributed by atoms with E-state index in [9.17, 15) is 14.7 Å². The summed E-state index contributed by atoms with van der Waals surface area (Å²) in [7, 11) is 2.08. The number of anilines is 1. The van der Waals surface area contributed by atoms with Gasteiger partial charge in [-0.25, -0.2) is 0 Å². The van der Waals surface area contributed by atoms with Gasteiger partial charge in [0.2, 0.25) is 5.91 Å². The molecule has 1 saturated heterocycles. The lowest BCUT2D eigenvalue weighted by Gasteiger charge is -2.38. The number of aromatic nitrogens is 1. The molecular formula is C32H39N3O6. The Morgan fingerprint density at radius 2 is 1.80 bits per heavy atom. The highest BCUT2D eigenvalue weighted by atomic mass is 16.7. The van der Waals surface area contributed by atoms with Crippen molar-refractivity contribution in [2.75, 3.05) is 25.5 Å². The second-order valence-electron chi connectivity index (χ2n) is 10.5. The van der Waals surface area contributed by atoms with Crippen molar-refractivity contribution in [2.45, 2.75) is 63.6 Å². The Morgan fingerprint density at radius 3 is 2.54 bits per heavy atom. The van der Waals surface area contributed by atoms with Crippen LogP contribution in [0, 0.1) is 0 Å². The van der Waals surface area contributed by atoms with Crippen LogP contribution in [0.3, 0.4) is 0 Å². The maximum Gasteiger partial charge on any atom is 0.303 e. The number of ether oxygens (including phenoxy) is 2. The summed E-state index contributed by atoms with van der Waals surface area (Å²) in [6.45, 7) is 1.54. The van der Waals surface area contributed by atoms with Crippen LogP contribution in [0.15, 0.2) is 72.9 Å². The number of nitrogens with zero attached hydrogens (tertiary/aromatic N) is 2. The van der Waals surface area contributed by atoms with Gasteiger partial charge in [-0.05, 0) is 55.3 Å². The number of likely N-dealkylation sites (N-methyl/N-ethyl adjacent to an activating group) is 1. The molecule has 0 unspecified atom stereocenters. The maximum atomic E-state index is 12.4. The van der Waals surface area contributed by atoms with E-state index in [4.69, 9.17) is 14.6 Å². The summed E-state index contributed by atoms with van der Waals surface area (Å²) in [5.74, 6) is -1.02. The predicted octanol–water partition coefficient (Wildman–Crippen LogP) is 4.88. The Bertz CT molecular complexity index is 1250. The molecule has 2 aromatic carbocycles. The molecular weight excluding hydrogens is 522 g/mol. The molecule has 41 heavy (non-hydrogen) atoms. The summed E-state index contributed by atoms with van der Waals surface area (Å²) in [5.41, 5.74) is 4.34. The van der Waals surface area contributed by atoms with Gasteiger partial charge in [0.1, 0.15) is 0 Å². The molecule has 3 aromatic rings. The van der Waals surface area contributed by atoms with Gasteiger partial charge in [-0.3, -0.25) is 14.6 Å². The molecule has 3 N–H and O–H groups in total. The molecule has 9 heteroatoms. The Hall–Kier alpha value is -3.63. The molecule has 0 aliphatic carbocycles. The molecule has 3 atom stereocenters. The van der Waals surface area contributed by atoms with Gasteiger partial charge < -0.3 is 29.9 Å². The van der Waals surface area contributed by atoms with Gasteiger partial charge in [0.15, 0.2) is 6.29 Å². The minimum absolute atomic E-state index is 0.0146.